The minimum atomic E-state index is -0.638. The SMILES string of the molecule is Cc1cccc(CN2CCC(C(=O)O)CC2)c1C. The van der Waals surface area contributed by atoms with E-state index in [0.717, 1.165) is 32.5 Å². The number of carbonyl (C=O) groups is 1. The molecule has 98 valence electrons. The Kier molecular flexibility index (Phi) is 4.02. The Balaban J connectivity index is 1.96. The molecule has 1 fully saturated rings. The van der Waals surface area contributed by atoms with E-state index in [-0.39, 0.29) is 5.92 Å². The molecule has 1 N–H and O–H groups in total. The van der Waals surface area contributed by atoms with Gasteiger partial charge in [-0.25, -0.2) is 0 Å². The number of hydrogen-bond acceptors (Lipinski definition) is 2. The normalized spacial score (nSPS) is 17.9. The molecule has 0 amide bonds. The molecule has 1 aliphatic heterocycles. The number of benzene rings is 1. The standard InChI is InChI=1S/C15H21NO2/c1-11-4-3-5-14(12(11)2)10-16-8-6-13(7-9-16)15(17)18/h3-5,13H,6-10H2,1-2H3,(H,17,18). The Hall–Kier alpha value is -1.35. The molecule has 0 saturated carbocycles. The van der Waals surface area contributed by atoms with E-state index in [0.29, 0.717) is 0 Å². The van der Waals surface area contributed by atoms with E-state index in [1.54, 1.807) is 0 Å². The Morgan fingerprint density at radius 1 is 1.33 bits per heavy atom. The van der Waals surface area contributed by atoms with Gasteiger partial charge in [0.2, 0.25) is 0 Å². The summed E-state index contributed by atoms with van der Waals surface area (Å²) in [7, 11) is 0. The molecular formula is C15H21NO2. The molecule has 0 aliphatic carbocycles. The lowest BCUT2D eigenvalue weighted by molar-refractivity contribution is -0.143. The number of piperidine rings is 1. The van der Waals surface area contributed by atoms with Crippen molar-refractivity contribution in [1.29, 1.82) is 0 Å². The highest BCUT2D eigenvalue weighted by atomic mass is 16.4. The first-order valence-electron chi connectivity index (χ1n) is 6.58. The number of rotatable bonds is 3. The fraction of sp³-hybridized carbons (Fsp3) is 0.533. The van der Waals surface area contributed by atoms with Crippen LogP contribution in [0.1, 0.15) is 29.5 Å². The summed E-state index contributed by atoms with van der Waals surface area (Å²) >= 11 is 0. The third-order valence-corrected chi connectivity index (χ3v) is 4.05. The summed E-state index contributed by atoms with van der Waals surface area (Å²) < 4.78 is 0. The molecule has 0 spiro atoms. The van der Waals surface area contributed by atoms with Gasteiger partial charge in [-0.3, -0.25) is 9.69 Å². The van der Waals surface area contributed by atoms with Gasteiger partial charge in [-0.05, 0) is 56.5 Å². The van der Waals surface area contributed by atoms with E-state index in [1.165, 1.54) is 16.7 Å². The summed E-state index contributed by atoms with van der Waals surface area (Å²) in [6.45, 7) is 7.03. The summed E-state index contributed by atoms with van der Waals surface area (Å²) in [5, 5.41) is 8.98. The number of likely N-dealkylation sites (tertiary alicyclic amines) is 1. The van der Waals surface area contributed by atoms with Crippen LogP contribution in [0.3, 0.4) is 0 Å². The lowest BCUT2D eigenvalue weighted by atomic mass is 9.96. The number of nitrogens with zero attached hydrogens (tertiary/aromatic N) is 1. The van der Waals surface area contributed by atoms with Gasteiger partial charge in [0.15, 0.2) is 0 Å². The van der Waals surface area contributed by atoms with Gasteiger partial charge in [-0.15, -0.1) is 0 Å². The summed E-state index contributed by atoms with van der Waals surface area (Å²) in [5.41, 5.74) is 4.05. The maximum absolute atomic E-state index is 10.9. The Labute approximate surface area is 108 Å². The molecule has 0 unspecified atom stereocenters. The largest absolute Gasteiger partial charge is 0.481 e. The summed E-state index contributed by atoms with van der Waals surface area (Å²) in [6.07, 6.45) is 1.56. The molecule has 0 radical (unpaired) electrons. The maximum atomic E-state index is 10.9. The van der Waals surface area contributed by atoms with Gasteiger partial charge in [0.05, 0.1) is 5.92 Å². The van der Waals surface area contributed by atoms with Crippen LogP contribution in [-0.2, 0) is 11.3 Å². The highest BCUT2D eigenvalue weighted by molar-refractivity contribution is 5.70. The molecule has 3 heteroatoms. The quantitative estimate of drug-likeness (QED) is 0.892. The van der Waals surface area contributed by atoms with Crippen molar-refractivity contribution in [3.05, 3.63) is 34.9 Å². The minimum Gasteiger partial charge on any atom is -0.481 e. The van der Waals surface area contributed by atoms with E-state index < -0.39 is 5.97 Å². The second kappa shape index (κ2) is 5.53. The number of aryl methyl sites for hydroxylation is 1. The van der Waals surface area contributed by atoms with Crippen LogP contribution in [-0.4, -0.2) is 29.1 Å². The molecule has 18 heavy (non-hydrogen) atoms. The predicted octanol–water partition coefficient (Wildman–Crippen LogP) is 2.60. The molecule has 1 saturated heterocycles. The molecule has 2 rings (SSSR count). The second-order valence-corrected chi connectivity index (χ2v) is 5.25. The van der Waals surface area contributed by atoms with Crippen molar-refractivity contribution in [2.75, 3.05) is 13.1 Å². The molecule has 3 nitrogen and oxygen atoms in total. The van der Waals surface area contributed by atoms with Crippen molar-refractivity contribution < 1.29 is 9.90 Å². The average Bonchev–Trinajstić information content (AvgIpc) is 2.36. The average molecular weight is 247 g/mol. The van der Waals surface area contributed by atoms with Gasteiger partial charge >= 0.3 is 5.97 Å². The third kappa shape index (κ3) is 2.91. The highest BCUT2D eigenvalue weighted by Crippen LogP contribution is 2.21. The Morgan fingerprint density at radius 2 is 2.00 bits per heavy atom. The van der Waals surface area contributed by atoms with Gasteiger partial charge in [-0.2, -0.15) is 0 Å². The number of carboxylic acids is 1. The molecule has 0 bridgehead atoms. The van der Waals surface area contributed by atoms with Crippen molar-refractivity contribution in [3.8, 4) is 0 Å². The minimum absolute atomic E-state index is 0.139. The molecule has 1 heterocycles. The van der Waals surface area contributed by atoms with Crippen molar-refractivity contribution in [2.24, 2.45) is 5.92 Å². The van der Waals surface area contributed by atoms with Crippen LogP contribution in [0.5, 0.6) is 0 Å². The van der Waals surface area contributed by atoms with Crippen LogP contribution in [0.25, 0.3) is 0 Å². The first kappa shape index (κ1) is 13.1. The van der Waals surface area contributed by atoms with Gasteiger partial charge in [0.25, 0.3) is 0 Å². The van der Waals surface area contributed by atoms with Crippen LogP contribution in [0.4, 0.5) is 0 Å². The van der Waals surface area contributed by atoms with Crippen LogP contribution >= 0.6 is 0 Å². The number of aliphatic carboxylic acids is 1. The van der Waals surface area contributed by atoms with Gasteiger partial charge in [0.1, 0.15) is 0 Å². The van der Waals surface area contributed by atoms with E-state index in [1.807, 2.05) is 0 Å². The van der Waals surface area contributed by atoms with Crippen LogP contribution in [0.2, 0.25) is 0 Å². The summed E-state index contributed by atoms with van der Waals surface area (Å²) in [6, 6.07) is 6.41. The first-order chi connectivity index (χ1) is 8.58. The van der Waals surface area contributed by atoms with Gasteiger partial charge in [0, 0.05) is 6.54 Å². The van der Waals surface area contributed by atoms with Crippen molar-refractivity contribution in [1.82, 2.24) is 4.90 Å². The Morgan fingerprint density at radius 3 is 2.61 bits per heavy atom. The predicted molar refractivity (Wildman–Crippen MR) is 71.6 cm³/mol. The topological polar surface area (TPSA) is 40.5 Å². The smallest absolute Gasteiger partial charge is 0.306 e. The lowest BCUT2D eigenvalue weighted by Gasteiger charge is -2.30. The van der Waals surface area contributed by atoms with E-state index in [4.69, 9.17) is 5.11 Å². The zero-order valence-electron chi connectivity index (χ0n) is 11.1. The van der Waals surface area contributed by atoms with Crippen molar-refractivity contribution >= 4 is 5.97 Å². The maximum Gasteiger partial charge on any atom is 0.306 e. The van der Waals surface area contributed by atoms with Gasteiger partial charge in [-0.1, -0.05) is 18.2 Å². The summed E-state index contributed by atoms with van der Waals surface area (Å²) in [5.74, 6) is -0.777. The fourth-order valence-electron chi connectivity index (χ4n) is 2.56. The second-order valence-electron chi connectivity index (χ2n) is 5.25. The molecule has 0 atom stereocenters. The third-order valence-electron chi connectivity index (χ3n) is 4.05. The van der Waals surface area contributed by atoms with E-state index in [2.05, 4.69) is 36.9 Å². The summed E-state index contributed by atoms with van der Waals surface area (Å²) in [4.78, 5) is 13.3. The number of carboxylic acid groups (broad SMARTS) is 1. The fourth-order valence-corrected chi connectivity index (χ4v) is 2.56. The van der Waals surface area contributed by atoms with Crippen LogP contribution < -0.4 is 0 Å². The van der Waals surface area contributed by atoms with Crippen LogP contribution in [0.15, 0.2) is 18.2 Å². The van der Waals surface area contributed by atoms with Crippen LogP contribution in [0, 0.1) is 19.8 Å². The van der Waals surface area contributed by atoms with Crippen molar-refractivity contribution in [2.45, 2.75) is 33.2 Å². The zero-order valence-corrected chi connectivity index (χ0v) is 11.1. The van der Waals surface area contributed by atoms with E-state index >= 15 is 0 Å². The monoisotopic (exact) mass is 247 g/mol. The number of hydrogen-bond donors (Lipinski definition) is 1. The first-order valence-corrected chi connectivity index (χ1v) is 6.58. The van der Waals surface area contributed by atoms with Crippen molar-refractivity contribution in [3.63, 3.8) is 0 Å². The zero-order chi connectivity index (χ0) is 13.1. The van der Waals surface area contributed by atoms with Gasteiger partial charge < -0.3 is 5.11 Å². The molecule has 0 aromatic heterocycles. The molecule has 1 aliphatic rings. The molecular weight excluding hydrogens is 226 g/mol. The molecule has 1 aromatic rings. The molecule has 1 aromatic carbocycles. The van der Waals surface area contributed by atoms with E-state index in [9.17, 15) is 4.79 Å². The Bertz CT molecular complexity index is 434. The highest BCUT2D eigenvalue weighted by Gasteiger charge is 2.24. The lowest BCUT2D eigenvalue weighted by Crippen LogP contribution is -2.36.